The van der Waals surface area contributed by atoms with Gasteiger partial charge < -0.3 is 4.57 Å². The summed E-state index contributed by atoms with van der Waals surface area (Å²) in [5.74, 6) is 0.991. The summed E-state index contributed by atoms with van der Waals surface area (Å²) in [5, 5.41) is 3.16. The Kier molecular flexibility index (Phi) is 3.12. The highest BCUT2D eigenvalue weighted by molar-refractivity contribution is 6.30. The molecular formula is C19H15ClN2. The molecule has 22 heavy (non-hydrogen) atoms. The van der Waals surface area contributed by atoms with Gasteiger partial charge in [0.15, 0.2) is 0 Å². The second kappa shape index (κ2) is 5.15. The summed E-state index contributed by atoms with van der Waals surface area (Å²) in [6, 6.07) is 20.6. The van der Waals surface area contributed by atoms with Crippen LogP contribution in [0.2, 0.25) is 5.02 Å². The van der Waals surface area contributed by atoms with Gasteiger partial charge in [-0.3, -0.25) is 0 Å². The van der Waals surface area contributed by atoms with Crippen molar-refractivity contribution in [2.24, 2.45) is 0 Å². The van der Waals surface area contributed by atoms with E-state index in [1.165, 1.54) is 16.3 Å². The minimum Gasteiger partial charge on any atom is -0.324 e. The molecule has 4 rings (SSSR count). The first-order chi connectivity index (χ1) is 10.8. The van der Waals surface area contributed by atoms with E-state index in [1.807, 2.05) is 24.3 Å². The predicted molar refractivity (Wildman–Crippen MR) is 93.4 cm³/mol. The SMILES string of the molecule is CCn1c(-c2ccc(Cl)cc2)nc2c3ccccc3ccc21. The monoisotopic (exact) mass is 306 g/mol. The fraction of sp³-hybridized carbons (Fsp3) is 0.105. The highest BCUT2D eigenvalue weighted by Gasteiger charge is 2.13. The van der Waals surface area contributed by atoms with E-state index in [-0.39, 0.29) is 0 Å². The smallest absolute Gasteiger partial charge is 0.141 e. The summed E-state index contributed by atoms with van der Waals surface area (Å²) in [7, 11) is 0. The third-order valence-corrected chi connectivity index (χ3v) is 4.31. The number of benzene rings is 3. The molecule has 0 amide bonds. The maximum Gasteiger partial charge on any atom is 0.141 e. The van der Waals surface area contributed by atoms with Crippen LogP contribution in [0.4, 0.5) is 0 Å². The van der Waals surface area contributed by atoms with Crippen molar-refractivity contribution < 1.29 is 0 Å². The summed E-state index contributed by atoms with van der Waals surface area (Å²) in [6.07, 6.45) is 0. The Morgan fingerprint density at radius 3 is 2.50 bits per heavy atom. The summed E-state index contributed by atoms with van der Waals surface area (Å²) < 4.78 is 2.25. The molecule has 0 saturated heterocycles. The molecular weight excluding hydrogens is 292 g/mol. The Balaban J connectivity index is 2.06. The van der Waals surface area contributed by atoms with Gasteiger partial charge in [-0.1, -0.05) is 41.9 Å². The fourth-order valence-electron chi connectivity index (χ4n) is 3.00. The number of imidazole rings is 1. The molecule has 0 radical (unpaired) electrons. The van der Waals surface area contributed by atoms with Crippen LogP contribution in [0.15, 0.2) is 60.7 Å². The zero-order chi connectivity index (χ0) is 15.1. The molecule has 1 heterocycles. The van der Waals surface area contributed by atoms with E-state index < -0.39 is 0 Å². The van der Waals surface area contributed by atoms with Crippen LogP contribution < -0.4 is 0 Å². The molecule has 0 atom stereocenters. The van der Waals surface area contributed by atoms with Crippen molar-refractivity contribution in [2.45, 2.75) is 13.5 Å². The molecule has 3 heteroatoms. The number of aromatic nitrogens is 2. The van der Waals surface area contributed by atoms with Gasteiger partial charge in [-0.2, -0.15) is 0 Å². The zero-order valence-electron chi connectivity index (χ0n) is 12.3. The second-order valence-electron chi connectivity index (χ2n) is 5.34. The van der Waals surface area contributed by atoms with Crippen LogP contribution in [0.1, 0.15) is 6.92 Å². The zero-order valence-corrected chi connectivity index (χ0v) is 13.0. The summed E-state index contributed by atoms with van der Waals surface area (Å²) in [5.41, 5.74) is 3.32. The molecule has 0 spiro atoms. The van der Waals surface area contributed by atoms with Crippen LogP contribution in [-0.2, 0) is 6.54 Å². The van der Waals surface area contributed by atoms with E-state index in [1.54, 1.807) is 0 Å². The first-order valence-electron chi connectivity index (χ1n) is 7.42. The normalized spacial score (nSPS) is 11.4. The van der Waals surface area contributed by atoms with Crippen LogP contribution in [0, 0.1) is 0 Å². The quantitative estimate of drug-likeness (QED) is 0.476. The summed E-state index contributed by atoms with van der Waals surface area (Å²) in [6.45, 7) is 3.03. The Hall–Kier alpha value is -2.32. The van der Waals surface area contributed by atoms with Gasteiger partial charge in [-0.15, -0.1) is 0 Å². The van der Waals surface area contributed by atoms with Crippen LogP contribution in [0.3, 0.4) is 0 Å². The first kappa shape index (κ1) is 13.4. The van der Waals surface area contributed by atoms with Crippen molar-refractivity contribution in [3.63, 3.8) is 0 Å². The van der Waals surface area contributed by atoms with Gasteiger partial charge >= 0.3 is 0 Å². The molecule has 0 aliphatic heterocycles. The molecule has 0 bridgehead atoms. The van der Waals surface area contributed by atoms with Crippen molar-refractivity contribution in [3.05, 3.63) is 65.7 Å². The number of nitrogens with zero attached hydrogens (tertiary/aromatic N) is 2. The van der Waals surface area contributed by atoms with E-state index in [9.17, 15) is 0 Å². The molecule has 0 saturated carbocycles. The summed E-state index contributed by atoms with van der Waals surface area (Å²) in [4.78, 5) is 4.93. The molecule has 0 N–H and O–H groups in total. The van der Waals surface area contributed by atoms with Crippen LogP contribution in [-0.4, -0.2) is 9.55 Å². The van der Waals surface area contributed by atoms with Gasteiger partial charge in [-0.05, 0) is 42.6 Å². The lowest BCUT2D eigenvalue weighted by molar-refractivity contribution is 0.796. The molecule has 0 unspecified atom stereocenters. The van der Waals surface area contributed by atoms with Crippen molar-refractivity contribution in [1.29, 1.82) is 0 Å². The number of fused-ring (bicyclic) bond motifs is 3. The molecule has 2 nitrogen and oxygen atoms in total. The van der Waals surface area contributed by atoms with Gasteiger partial charge in [0.1, 0.15) is 5.82 Å². The van der Waals surface area contributed by atoms with Crippen LogP contribution >= 0.6 is 11.6 Å². The maximum absolute atomic E-state index is 6.00. The maximum atomic E-state index is 6.00. The van der Waals surface area contributed by atoms with Crippen molar-refractivity contribution in [2.75, 3.05) is 0 Å². The minimum absolute atomic E-state index is 0.744. The Labute approximate surface area is 134 Å². The number of hydrogen-bond donors (Lipinski definition) is 0. The number of rotatable bonds is 2. The number of halogens is 1. The average molecular weight is 307 g/mol. The van der Waals surface area contributed by atoms with E-state index in [0.29, 0.717) is 0 Å². The lowest BCUT2D eigenvalue weighted by Crippen LogP contribution is -1.97. The number of aryl methyl sites for hydroxylation is 1. The Bertz CT molecular complexity index is 968. The van der Waals surface area contributed by atoms with E-state index in [0.717, 1.165) is 28.5 Å². The van der Waals surface area contributed by atoms with E-state index in [4.69, 9.17) is 16.6 Å². The highest BCUT2D eigenvalue weighted by atomic mass is 35.5. The van der Waals surface area contributed by atoms with Crippen molar-refractivity contribution >= 4 is 33.4 Å². The Morgan fingerprint density at radius 2 is 1.73 bits per heavy atom. The van der Waals surface area contributed by atoms with Crippen LogP contribution in [0.25, 0.3) is 33.2 Å². The number of hydrogen-bond acceptors (Lipinski definition) is 1. The van der Waals surface area contributed by atoms with Gasteiger partial charge in [0, 0.05) is 22.5 Å². The van der Waals surface area contributed by atoms with Gasteiger partial charge in [0.2, 0.25) is 0 Å². The lowest BCUT2D eigenvalue weighted by atomic mass is 10.1. The molecule has 0 fully saturated rings. The third kappa shape index (κ3) is 1.99. The summed E-state index contributed by atoms with van der Waals surface area (Å²) >= 11 is 6.00. The molecule has 1 aromatic heterocycles. The molecule has 3 aromatic carbocycles. The third-order valence-electron chi connectivity index (χ3n) is 4.06. The van der Waals surface area contributed by atoms with Gasteiger partial charge in [0.25, 0.3) is 0 Å². The van der Waals surface area contributed by atoms with Crippen LogP contribution in [0.5, 0.6) is 0 Å². The van der Waals surface area contributed by atoms with Crippen molar-refractivity contribution in [3.8, 4) is 11.4 Å². The Morgan fingerprint density at radius 1 is 0.955 bits per heavy atom. The molecule has 4 aromatic rings. The topological polar surface area (TPSA) is 17.8 Å². The molecule has 0 aliphatic carbocycles. The minimum atomic E-state index is 0.744. The molecule has 108 valence electrons. The standard InChI is InChI=1S/C19H15ClN2/c1-2-22-17-12-9-13-5-3-4-6-16(13)18(17)21-19(22)14-7-10-15(20)11-8-14/h3-12H,2H2,1H3. The fourth-order valence-corrected chi connectivity index (χ4v) is 3.12. The van der Waals surface area contributed by atoms with E-state index >= 15 is 0 Å². The predicted octanol–water partition coefficient (Wildman–Crippen LogP) is 5.53. The van der Waals surface area contributed by atoms with E-state index in [2.05, 4.69) is 47.9 Å². The largest absolute Gasteiger partial charge is 0.324 e. The van der Waals surface area contributed by atoms with Gasteiger partial charge in [-0.25, -0.2) is 4.98 Å². The lowest BCUT2D eigenvalue weighted by Gasteiger charge is -2.06. The molecule has 0 aliphatic rings. The highest BCUT2D eigenvalue weighted by Crippen LogP contribution is 2.30. The van der Waals surface area contributed by atoms with Gasteiger partial charge in [0.05, 0.1) is 11.0 Å². The van der Waals surface area contributed by atoms with Crippen molar-refractivity contribution in [1.82, 2.24) is 9.55 Å². The average Bonchev–Trinajstić information content (AvgIpc) is 2.94. The first-order valence-corrected chi connectivity index (χ1v) is 7.79. The second-order valence-corrected chi connectivity index (χ2v) is 5.78.